The van der Waals surface area contributed by atoms with Crippen molar-refractivity contribution < 1.29 is 18.7 Å². The summed E-state index contributed by atoms with van der Waals surface area (Å²) in [6.45, 7) is 3.08. The summed E-state index contributed by atoms with van der Waals surface area (Å²) in [5.41, 5.74) is 0. The maximum Gasteiger partial charge on any atom is 0.305 e. The van der Waals surface area contributed by atoms with Gasteiger partial charge < -0.3 is 9.47 Å². The largest absolute Gasteiger partial charge is 0.429 e. The molecule has 0 amide bonds. The fraction of sp³-hybridized carbons (Fsp3) is 0.625. The third kappa shape index (κ3) is 2.04. The molecule has 2 unspecified atom stereocenters. The molecule has 0 aromatic carbocycles. The maximum absolute atomic E-state index is 12.8. The minimum Gasteiger partial charge on any atom is -0.429 e. The van der Waals surface area contributed by atoms with Gasteiger partial charge in [-0.2, -0.15) is 0 Å². The lowest BCUT2D eigenvalue weighted by molar-refractivity contribution is -0.171. The Labute approximate surface area is 70.2 Å². The number of hydrogen-bond acceptors (Lipinski definition) is 3. The maximum atomic E-state index is 12.8. The summed E-state index contributed by atoms with van der Waals surface area (Å²) in [7, 11) is 0. The zero-order chi connectivity index (χ0) is 9.14. The normalized spacial score (nSPS) is 28.4. The van der Waals surface area contributed by atoms with Gasteiger partial charge in [0.25, 0.3) is 6.29 Å². The van der Waals surface area contributed by atoms with Crippen molar-refractivity contribution in [2.45, 2.75) is 32.7 Å². The van der Waals surface area contributed by atoms with E-state index in [2.05, 4.69) is 4.74 Å². The third-order valence-electron chi connectivity index (χ3n) is 1.54. The van der Waals surface area contributed by atoms with Gasteiger partial charge in [0, 0.05) is 6.92 Å². The predicted octanol–water partition coefficient (Wildman–Crippen LogP) is 1.54. The lowest BCUT2D eigenvalue weighted by Gasteiger charge is -2.12. The van der Waals surface area contributed by atoms with Crippen LogP contribution in [-0.2, 0) is 14.3 Å². The summed E-state index contributed by atoms with van der Waals surface area (Å²) in [6.07, 6.45) is 0.612. The zero-order valence-corrected chi connectivity index (χ0v) is 7.04. The van der Waals surface area contributed by atoms with Gasteiger partial charge in [-0.3, -0.25) is 4.79 Å². The Hall–Kier alpha value is -0.900. The molecule has 3 nitrogen and oxygen atoms in total. The molecule has 0 N–H and O–H groups in total. The van der Waals surface area contributed by atoms with Crippen LogP contribution in [0.3, 0.4) is 0 Å². The van der Waals surface area contributed by atoms with Crippen LogP contribution < -0.4 is 0 Å². The molecule has 4 heteroatoms. The molecule has 0 radical (unpaired) electrons. The van der Waals surface area contributed by atoms with Gasteiger partial charge in [-0.25, -0.2) is 4.39 Å². The average Bonchev–Trinajstić information content (AvgIpc) is 2.31. The Morgan fingerprint density at radius 3 is 2.92 bits per heavy atom. The highest BCUT2D eigenvalue weighted by Crippen LogP contribution is 2.23. The number of esters is 1. The van der Waals surface area contributed by atoms with E-state index in [-0.39, 0.29) is 6.10 Å². The van der Waals surface area contributed by atoms with Gasteiger partial charge in [-0.15, -0.1) is 0 Å². The Bertz CT molecular complexity index is 212. The van der Waals surface area contributed by atoms with Crippen LogP contribution in [0, 0.1) is 0 Å². The second kappa shape index (κ2) is 3.67. The van der Waals surface area contributed by atoms with Gasteiger partial charge in [0.2, 0.25) is 0 Å². The van der Waals surface area contributed by atoms with Crippen LogP contribution in [-0.4, -0.2) is 18.4 Å². The van der Waals surface area contributed by atoms with E-state index < -0.39 is 18.1 Å². The molecule has 0 aliphatic carbocycles. The molecule has 0 spiro atoms. The summed E-state index contributed by atoms with van der Waals surface area (Å²) < 4.78 is 22.4. The lowest BCUT2D eigenvalue weighted by atomic mass is 10.3. The average molecular weight is 174 g/mol. The summed E-state index contributed by atoms with van der Waals surface area (Å²) >= 11 is 0. The highest BCUT2D eigenvalue weighted by atomic mass is 19.1. The van der Waals surface area contributed by atoms with Gasteiger partial charge in [-0.1, -0.05) is 6.92 Å². The van der Waals surface area contributed by atoms with E-state index in [9.17, 15) is 9.18 Å². The number of ether oxygens (including phenoxy) is 2. The molecule has 12 heavy (non-hydrogen) atoms. The first-order valence-corrected chi connectivity index (χ1v) is 3.83. The molecule has 1 aliphatic heterocycles. The van der Waals surface area contributed by atoms with Crippen LogP contribution in [0.4, 0.5) is 4.39 Å². The van der Waals surface area contributed by atoms with Crippen LogP contribution in [0.1, 0.15) is 20.3 Å². The summed E-state index contributed by atoms with van der Waals surface area (Å²) in [6, 6.07) is 0. The molecular formula is C8H11FO3. The van der Waals surface area contributed by atoms with E-state index in [0.717, 1.165) is 0 Å². The zero-order valence-electron chi connectivity index (χ0n) is 7.04. The summed E-state index contributed by atoms with van der Waals surface area (Å²) in [5, 5.41) is 0. The molecular weight excluding hydrogens is 163 g/mol. The Kier molecular flexibility index (Phi) is 2.81. The predicted molar refractivity (Wildman–Crippen MR) is 39.9 cm³/mol. The highest BCUT2D eigenvalue weighted by Gasteiger charge is 2.28. The minimum atomic E-state index is -1.12. The second-order valence-electron chi connectivity index (χ2n) is 2.58. The van der Waals surface area contributed by atoms with Crippen molar-refractivity contribution in [3.8, 4) is 0 Å². The Morgan fingerprint density at radius 1 is 1.83 bits per heavy atom. The van der Waals surface area contributed by atoms with Crippen molar-refractivity contribution in [2.24, 2.45) is 0 Å². The lowest BCUT2D eigenvalue weighted by Crippen LogP contribution is -2.19. The molecule has 1 heterocycles. The number of carbonyl (C=O) groups is 1. The standard InChI is InChI=1S/C8H11FO3/c1-3-6-4-7(9)8(12-6)11-5(2)10/h4,6,8H,3H2,1-2H3. The fourth-order valence-electron chi connectivity index (χ4n) is 0.968. The molecule has 0 fully saturated rings. The van der Waals surface area contributed by atoms with Gasteiger partial charge in [0.15, 0.2) is 5.83 Å². The van der Waals surface area contributed by atoms with Crippen molar-refractivity contribution in [1.29, 1.82) is 0 Å². The second-order valence-corrected chi connectivity index (χ2v) is 2.58. The van der Waals surface area contributed by atoms with Crippen LogP contribution in [0.15, 0.2) is 11.9 Å². The molecule has 0 aromatic heterocycles. The van der Waals surface area contributed by atoms with E-state index in [4.69, 9.17) is 4.74 Å². The van der Waals surface area contributed by atoms with Crippen LogP contribution >= 0.6 is 0 Å². The molecule has 1 aliphatic rings. The van der Waals surface area contributed by atoms with Crippen LogP contribution in [0.25, 0.3) is 0 Å². The molecule has 2 atom stereocenters. The van der Waals surface area contributed by atoms with Gasteiger partial charge in [-0.05, 0) is 12.5 Å². The van der Waals surface area contributed by atoms with Crippen molar-refractivity contribution in [2.75, 3.05) is 0 Å². The minimum absolute atomic E-state index is 0.269. The van der Waals surface area contributed by atoms with Crippen LogP contribution in [0.5, 0.6) is 0 Å². The van der Waals surface area contributed by atoms with E-state index in [0.29, 0.717) is 6.42 Å². The number of rotatable bonds is 2. The van der Waals surface area contributed by atoms with Crippen molar-refractivity contribution in [3.63, 3.8) is 0 Å². The van der Waals surface area contributed by atoms with Gasteiger partial charge in [0.05, 0.1) is 6.10 Å². The summed E-state index contributed by atoms with van der Waals surface area (Å²) in [4.78, 5) is 10.4. The van der Waals surface area contributed by atoms with Gasteiger partial charge in [0.1, 0.15) is 0 Å². The first-order chi connectivity index (χ1) is 5.63. The monoisotopic (exact) mass is 174 g/mol. The van der Waals surface area contributed by atoms with Crippen molar-refractivity contribution >= 4 is 5.97 Å². The van der Waals surface area contributed by atoms with E-state index >= 15 is 0 Å². The Morgan fingerprint density at radius 2 is 2.50 bits per heavy atom. The van der Waals surface area contributed by atoms with Gasteiger partial charge >= 0.3 is 5.97 Å². The first-order valence-electron chi connectivity index (χ1n) is 3.83. The Balaban J connectivity index is 2.50. The molecule has 0 aromatic rings. The van der Waals surface area contributed by atoms with E-state index in [1.54, 1.807) is 0 Å². The number of halogens is 1. The third-order valence-corrected chi connectivity index (χ3v) is 1.54. The summed E-state index contributed by atoms with van der Waals surface area (Å²) in [5.74, 6) is -1.06. The van der Waals surface area contributed by atoms with E-state index in [1.807, 2.05) is 6.92 Å². The number of carbonyl (C=O) groups excluding carboxylic acids is 1. The molecule has 68 valence electrons. The van der Waals surface area contributed by atoms with Crippen LogP contribution in [0.2, 0.25) is 0 Å². The molecule has 0 bridgehead atoms. The molecule has 0 saturated heterocycles. The van der Waals surface area contributed by atoms with Crippen molar-refractivity contribution in [1.82, 2.24) is 0 Å². The van der Waals surface area contributed by atoms with E-state index in [1.165, 1.54) is 13.0 Å². The highest BCUT2D eigenvalue weighted by molar-refractivity contribution is 5.66. The quantitative estimate of drug-likeness (QED) is 0.595. The van der Waals surface area contributed by atoms with Crippen molar-refractivity contribution in [3.05, 3.63) is 11.9 Å². The number of hydrogen-bond donors (Lipinski definition) is 0. The first kappa shape index (κ1) is 9.19. The smallest absolute Gasteiger partial charge is 0.305 e. The molecule has 0 saturated carbocycles. The fourth-order valence-corrected chi connectivity index (χ4v) is 0.968. The SMILES string of the molecule is CCC1C=C(F)C(OC(C)=O)O1. The topological polar surface area (TPSA) is 35.5 Å². The molecule has 1 rings (SSSR count).